The van der Waals surface area contributed by atoms with Gasteiger partial charge in [-0.2, -0.15) is 0 Å². The number of carbonyl (C=O) groups excluding carboxylic acids is 6. The molecule has 0 bridgehead atoms. The van der Waals surface area contributed by atoms with Crippen LogP contribution in [-0.2, 0) is 41.7 Å². The number of hydrogen-bond acceptors (Lipinski definition) is 8. The van der Waals surface area contributed by atoms with Crippen molar-refractivity contribution in [2.45, 2.75) is 116 Å². The molecule has 14 nitrogen and oxygen atoms in total. The van der Waals surface area contributed by atoms with E-state index in [2.05, 4.69) is 21.3 Å². The number of alkyl carbamates (subject to hydrolysis) is 2. The van der Waals surface area contributed by atoms with Crippen LogP contribution < -0.4 is 27.0 Å². The van der Waals surface area contributed by atoms with Gasteiger partial charge in [0.05, 0.1) is 0 Å². The zero-order valence-electron chi connectivity index (χ0n) is 31.5. The number of nitrogens with two attached hydrogens (primary N) is 1. The Labute approximate surface area is 312 Å². The fraction of sp³-hybridized carbons (Fsp3) is 0.538. The Morgan fingerprint density at radius 1 is 0.830 bits per heavy atom. The first kappa shape index (κ1) is 42.3. The van der Waals surface area contributed by atoms with Crippen LogP contribution in [-0.4, -0.2) is 83.6 Å². The van der Waals surface area contributed by atoms with Crippen molar-refractivity contribution in [2.75, 3.05) is 13.1 Å². The van der Waals surface area contributed by atoms with Crippen LogP contribution in [0.3, 0.4) is 0 Å². The first-order valence-electron chi connectivity index (χ1n) is 18.3. The van der Waals surface area contributed by atoms with E-state index in [1.165, 1.54) is 4.90 Å². The largest absolute Gasteiger partial charge is 0.445 e. The van der Waals surface area contributed by atoms with Crippen molar-refractivity contribution >= 4 is 35.8 Å². The van der Waals surface area contributed by atoms with Crippen LogP contribution in [0.2, 0.25) is 0 Å². The van der Waals surface area contributed by atoms with Gasteiger partial charge >= 0.3 is 12.2 Å². The summed E-state index contributed by atoms with van der Waals surface area (Å²) in [6.07, 6.45) is 1.28. The molecule has 0 aromatic heterocycles. The molecule has 6 amide bonds. The summed E-state index contributed by atoms with van der Waals surface area (Å²) >= 11 is 0. The standard InChI is InChI=1S/C39H56N6O8/c1-26(2)23-31(43-34(47)30(24-27-15-8-6-9-16-27)44-38(51)52-25-28-17-10-7-11-18-28)36(49)45-22-14-20-32(45)35(48)42-29(33(40)46)19-12-13-21-41-37(50)53-39(3,4)5/h6-11,15-18,26,29-32H,12-14,19-25H2,1-5H3,(H2,40,46)(H,41,50)(H,42,48)(H,43,47)(H,44,51)/t29-,30-,31-,32-/m0/s1. The second kappa shape index (κ2) is 20.8. The smallest absolute Gasteiger partial charge is 0.408 e. The van der Waals surface area contributed by atoms with Gasteiger partial charge in [-0.05, 0) is 76.3 Å². The van der Waals surface area contributed by atoms with Crippen molar-refractivity contribution in [1.82, 2.24) is 26.2 Å². The molecular weight excluding hydrogens is 680 g/mol. The van der Waals surface area contributed by atoms with Gasteiger partial charge in [0, 0.05) is 19.5 Å². The fourth-order valence-corrected chi connectivity index (χ4v) is 5.97. The highest BCUT2D eigenvalue weighted by Crippen LogP contribution is 2.21. The molecule has 1 saturated heterocycles. The Hall–Kier alpha value is -5.14. The molecule has 6 N–H and O–H groups in total. The second-order valence-electron chi connectivity index (χ2n) is 14.7. The monoisotopic (exact) mass is 736 g/mol. The van der Waals surface area contributed by atoms with Crippen molar-refractivity contribution in [1.29, 1.82) is 0 Å². The highest BCUT2D eigenvalue weighted by Gasteiger charge is 2.39. The number of amides is 6. The molecule has 1 fully saturated rings. The number of likely N-dealkylation sites (tertiary alicyclic amines) is 1. The lowest BCUT2D eigenvalue weighted by molar-refractivity contribution is -0.142. The summed E-state index contributed by atoms with van der Waals surface area (Å²) in [5.74, 6) is -2.22. The summed E-state index contributed by atoms with van der Waals surface area (Å²) in [5.41, 5.74) is 6.58. The minimum Gasteiger partial charge on any atom is -0.445 e. The number of nitrogens with zero attached hydrogens (tertiary/aromatic N) is 1. The average molecular weight is 737 g/mol. The van der Waals surface area contributed by atoms with Gasteiger partial charge in [-0.25, -0.2) is 9.59 Å². The van der Waals surface area contributed by atoms with Gasteiger partial charge in [0.15, 0.2) is 0 Å². The molecule has 0 saturated carbocycles. The third-order valence-electron chi connectivity index (χ3n) is 8.51. The number of unbranched alkanes of at least 4 members (excludes halogenated alkanes) is 1. The lowest BCUT2D eigenvalue weighted by Gasteiger charge is -2.31. The summed E-state index contributed by atoms with van der Waals surface area (Å²) in [6, 6.07) is 14.4. The third-order valence-corrected chi connectivity index (χ3v) is 8.51. The van der Waals surface area contributed by atoms with Gasteiger partial charge in [0.25, 0.3) is 0 Å². The number of ether oxygens (including phenoxy) is 2. The molecule has 3 rings (SSSR count). The van der Waals surface area contributed by atoms with E-state index in [-0.39, 0.29) is 38.3 Å². The maximum atomic E-state index is 14.1. The molecule has 2 aromatic carbocycles. The van der Waals surface area contributed by atoms with Gasteiger partial charge < -0.3 is 41.4 Å². The minimum atomic E-state index is -1.06. The van der Waals surface area contributed by atoms with E-state index >= 15 is 0 Å². The van der Waals surface area contributed by atoms with E-state index in [0.717, 1.165) is 11.1 Å². The lowest BCUT2D eigenvalue weighted by atomic mass is 10.00. The average Bonchev–Trinajstić information content (AvgIpc) is 3.59. The Morgan fingerprint density at radius 3 is 2.08 bits per heavy atom. The van der Waals surface area contributed by atoms with Crippen LogP contribution in [0.15, 0.2) is 60.7 Å². The maximum Gasteiger partial charge on any atom is 0.408 e. The van der Waals surface area contributed by atoms with E-state index in [4.69, 9.17) is 15.2 Å². The first-order valence-corrected chi connectivity index (χ1v) is 18.3. The number of rotatable bonds is 18. The topological polar surface area (TPSA) is 198 Å². The molecule has 290 valence electrons. The highest BCUT2D eigenvalue weighted by molar-refractivity contribution is 5.95. The molecule has 0 spiro atoms. The molecular formula is C39H56N6O8. The summed E-state index contributed by atoms with van der Waals surface area (Å²) < 4.78 is 10.6. The van der Waals surface area contributed by atoms with Crippen molar-refractivity contribution in [3.63, 3.8) is 0 Å². The summed E-state index contributed by atoms with van der Waals surface area (Å²) in [5, 5.41) is 10.9. The van der Waals surface area contributed by atoms with Gasteiger partial charge in [-0.15, -0.1) is 0 Å². The van der Waals surface area contributed by atoms with E-state index in [9.17, 15) is 28.8 Å². The molecule has 53 heavy (non-hydrogen) atoms. The fourth-order valence-electron chi connectivity index (χ4n) is 5.97. The summed E-state index contributed by atoms with van der Waals surface area (Å²) in [6.45, 7) is 9.75. The Morgan fingerprint density at radius 2 is 1.47 bits per heavy atom. The number of hydrogen-bond donors (Lipinski definition) is 5. The van der Waals surface area contributed by atoms with Gasteiger partial charge in [-0.3, -0.25) is 19.2 Å². The maximum absolute atomic E-state index is 14.1. The minimum absolute atomic E-state index is 0.000416. The van der Waals surface area contributed by atoms with Crippen LogP contribution in [0.25, 0.3) is 0 Å². The first-order chi connectivity index (χ1) is 25.1. The number of benzene rings is 2. The van der Waals surface area contributed by atoms with Crippen LogP contribution in [0, 0.1) is 5.92 Å². The van der Waals surface area contributed by atoms with Crippen molar-refractivity contribution in [3.05, 3.63) is 71.8 Å². The van der Waals surface area contributed by atoms with Crippen molar-refractivity contribution in [3.8, 4) is 0 Å². The molecule has 0 aliphatic carbocycles. The van der Waals surface area contributed by atoms with Gasteiger partial charge in [0.2, 0.25) is 23.6 Å². The van der Waals surface area contributed by atoms with Crippen molar-refractivity contribution < 1.29 is 38.2 Å². The van der Waals surface area contributed by atoms with Crippen LogP contribution in [0.4, 0.5) is 9.59 Å². The Kier molecular flexibility index (Phi) is 16.6. The predicted octanol–water partition coefficient (Wildman–Crippen LogP) is 3.71. The van der Waals surface area contributed by atoms with E-state index in [1.54, 1.807) is 20.8 Å². The van der Waals surface area contributed by atoms with Crippen LogP contribution in [0.5, 0.6) is 0 Å². The van der Waals surface area contributed by atoms with Gasteiger partial charge in [0.1, 0.15) is 36.4 Å². The van der Waals surface area contributed by atoms with Crippen molar-refractivity contribution in [2.24, 2.45) is 11.7 Å². The molecule has 4 atom stereocenters. The molecule has 1 aliphatic rings. The summed E-state index contributed by atoms with van der Waals surface area (Å²) in [7, 11) is 0. The summed E-state index contributed by atoms with van der Waals surface area (Å²) in [4.78, 5) is 79.9. The van der Waals surface area contributed by atoms with Gasteiger partial charge in [-0.1, -0.05) is 74.5 Å². The Bertz CT molecular complexity index is 1510. The van der Waals surface area contributed by atoms with Crippen LogP contribution >= 0.6 is 0 Å². The third kappa shape index (κ3) is 15.2. The zero-order chi connectivity index (χ0) is 39.0. The predicted molar refractivity (Wildman–Crippen MR) is 199 cm³/mol. The number of primary amides is 1. The molecule has 1 aliphatic heterocycles. The van der Waals surface area contributed by atoms with Crippen LogP contribution in [0.1, 0.15) is 84.3 Å². The molecule has 0 unspecified atom stereocenters. The molecule has 14 heteroatoms. The number of nitrogens with one attached hydrogen (secondary N) is 4. The Balaban J connectivity index is 1.65. The van der Waals surface area contributed by atoms with E-state index < -0.39 is 65.6 Å². The zero-order valence-corrected chi connectivity index (χ0v) is 31.5. The second-order valence-corrected chi connectivity index (χ2v) is 14.7. The van der Waals surface area contributed by atoms with E-state index in [1.807, 2.05) is 74.5 Å². The van der Waals surface area contributed by atoms with E-state index in [0.29, 0.717) is 32.2 Å². The lowest BCUT2D eigenvalue weighted by Crippen LogP contribution is -2.58. The molecule has 2 aromatic rings. The molecule has 0 radical (unpaired) electrons. The molecule has 1 heterocycles. The SMILES string of the molecule is CC(C)C[C@H](NC(=O)[C@H](Cc1ccccc1)NC(=O)OCc1ccccc1)C(=O)N1CCC[C@H]1C(=O)N[C@@H](CCCCNC(=O)OC(C)(C)C)C(N)=O. The normalized spacial score (nSPS) is 15.8. The quantitative estimate of drug-likeness (QED) is 0.143. The highest BCUT2D eigenvalue weighted by atomic mass is 16.6. The number of carbonyl (C=O) groups is 6.